The van der Waals surface area contributed by atoms with Crippen molar-refractivity contribution < 1.29 is 0 Å². The summed E-state index contributed by atoms with van der Waals surface area (Å²) in [5.41, 5.74) is 0.516. The van der Waals surface area contributed by atoms with E-state index in [0.717, 1.165) is 19.5 Å². The molecule has 1 N–H and O–H groups in total. The van der Waals surface area contributed by atoms with E-state index in [4.69, 9.17) is 5.26 Å². The van der Waals surface area contributed by atoms with Crippen LogP contribution < -0.4 is 5.32 Å². The first kappa shape index (κ1) is 11.1. The molecule has 0 fully saturated rings. The summed E-state index contributed by atoms with van der Waals surface area (Å²) in [4.78, 5) is 3.96. The van der Waals surface area contributed by atoms with Gasteiger partial charge in [0.2, 0.25) is 0 Å². The molecule has 6 heteroatoms. The van der Waals surface area contributed by atoms with E-state index in [2.05, 4.69) is 26.6 Å². The molecule has 0 bridgehead atoms. The van der Waals surface area contributed by atoms with Crippen LogP contribution in [0.25, 0.3) is 0 Å². The maximum atomic E-state index is 8.86. The fourth-order valence-electron chi connectivity index (χ4n) is 1.44. The van der Waals surface area contributed by atoms with Gasteiger partial charge in [-0.3, -0.25) is 0 Å². The normalized spacial score (nSPS) is 9.82. The Kier molecular flexibility index (Phi) is 3.65. The fraction of sp³-hybridized carbons (Fsp3) is 0.273. The highest BCUT2D eigenvalue weighted by Crippen LogP contribution is 2.07. The molecule has 0 aliphatic rings. The Morgan fingerprint density at radius 1 is 1.41 bits per heavy atom. The fourth-order valence-corrected chi connectivity index (χ4v) is 1.44. The second kappa shape index (κ2) is 5.61. The molecule has 0 spiro atoms. The molecule has 86 valence electrons. The zero-order valence-corrected chi connectivity index (χ0v) is 9.24. The Bertz CT molecular complexity index is 499. The summed E-state index contributed by atoms with van der Waals surface area (Å²) in [5, 5.41) is 19.6. The molecule has 2 heterocycles. The van der Waals surface area contributed by atoms with Crippen LogP contribution in [0.2, 0.25) is 0 Å². The highest BCUT2D eigenvalue weighted by molar-refractivity contribution is 5.49. The summed E-state index contributed by atoms with van der Waals surface area (Å²) in [5.74, 6) is 0.542. The third kappa shape index (κ3) is 3.01. The van der Waals surface area contributed by atoms with Crippen molar-refractivity contribution in [1.29, 1.82) is 5.26 Å². The number of hydrogen-bond donors (Lipinski definition) is 1. The number of hydrogen-bond acceptors (Lipinski definition) is 5. The molecule has 0 saturated carbocycles. The molecule has 0 saturated heterocycles. The maximum absolute atomic E-state index is 8.86. The minimum atomic E-state index is 0.516. The number of nitrogens with one attached hydrogen (secondary N) is 1. The second-order valence-corrected chi connectivity index (χ2v) is 3.49. The van der Waals surface area contributed by atoms with Crippen LogP contribution in [0.3, 0.4) is 0 Å². The van der Waals surface area contributed by atoms with Crippen molar-refractivity contribution in [2.45, 2.75) is 13.0 Å². The zero-order chi connectivity index (χ0) is 11.9. The highest BCUT2D eigenvalue weighted by Gasteiger charge is 2.01. The smallest absolute Gasteiger partial charge is 0.166 e. The lowest BCUT2D eigenvalue weighted by atomic mass is 10.3. The summed E-state index contributed by atoms with van der Waals surface area (Å²) < 4.78 is 2.00. The molecule has 0 unspecified atom stereocenters. The minimum absolute atomic E-state index is 0.516. The van der Waals surface area contributed by atoms with Crippen molar-refractivity contribution in [1.82, 2.24) is 19.7 Å². The molecule has 0 aromatic carbocycles. The Balaban J connectivity index is 1.80. The first-order valence-corrected chi connectivity index (χ1v) is 5.31. The van der Waals surface area contributed by atoms with Crippen LogP contribution in [0.5, 0.6) is 0 Å². The third-order valence-electron chi connectivity index (χ3n) is 2.29. The van der Waals surface area contributed by atoms with Crippen LogP contribution in [-0.4, -0.2) is 26.3 Å². The Morgan fingerprint density at radius 2 is 2.35 bits per heavy atom. The largest absolute Gasteiger partial charge is 0.367 e. The number of imidazole rings is 1. The van der Waals surface area contributed by atoms with Gasteiger partial charge in [-0.05, 0) is 12.5 Å². The van der Waals surface area contributed by atoms with Crippen LogP contribution in [0.15, 0.2) is 31.0 Å². The van der Waals surface area contributed by atoms with E-state index in [-0.39, 0.29) is 0 Å². The van der Waals surface area contributed by atoms with Gasteiger partial charge in [0.15, 0.2) is 5.82 Å². The predicted molar refractivity (Wildman–Crippen MR) is 62.1 cm³/mol. The lowest BCUT2D eigenvalue weighted by molar-refractivity contribution is 0.659. The Labute approximate surface area is 98.9 Å². The number of aromatic nitrogens is 4. The number of anilines is 1. The van der Waals surface area contributed by atoms with Crippen molar-refractivity contribution in [3.05, 3.63) is 36.5 Å². The van der Waals surface area contributed by atoms with Crippen molar-refractivity contribution >= 4 is 5.82 Å². The lowest BCUT2D eigenvalue weighted by Gasteiger charge is -2.06. The van der Waals surface area contributed by atoms with Gasteiger partial charge in [0.05, 0.1) is 18.1 Å². The molecule has 17 heavy (non-hydrogen) atoms. The summed E-state index contributed by atoms with van der Waals surface area (Å²) in [7, 11) is 0. The first-order chi connectivity index (χ1) is 8.40. The van der Waals surface area contributed by atoms with Gasteiger partial charge in [0.25, 0.3) is 0 Å². The topological polar surface area (TPSA) is 79.4 Å². The van der Waals surface area contributed by atoms with E-state index >= 15 is 0 Å². The van der Waals surface area contributed by atoms with Crippen molar-refractivity contribution in [2.24, 2.45) is 0 Å². The van der Waals surface area contributed by atoms with E-state index in [1.54, 1.807) is 18.6 Å². The Morgan fingerprint density at radius 3 is 3.12 bits per heavy atom. The molecule has 6 nitrogen and oxygen atoms in total. The number of nitriles is 1. The average Bonchev–Trinajstić information content (AvgIpc) is 2.88. The van der Waals surface area contributed by atoms with Crippen molar-refractivity contribution in [3.8, 4) is 6.07 Å². The van der Waals surface area contributed by atoms with Gasteiger partial charge in [-0.2, -0.15) is 10.4 Å². The minimum Gasteiger partial charge on any atom is -0.367 e. The quantitative estimate of drug-likeness (QED) is 0.774. The standard InChI is InChI=1S/C11H12N6/c12-8-10-2-4-15-16-11(10)14-3-1-6-17-7-5-13-9-17/h2,4-5,7,9H,1,3,6H2,(H,14,16). The van der Waals surface area contributed by atoms with Gasteiger partial charge in [-0.25, -0.2) is 4.98 Å². The number of rotatable bonds is 5. The van der Waals surface area contributed by atoms with E-state index in [1.807, 2.05) is 10.8 Å². The molecular formula is C11H12N6. The lowest BCUT2D eigenvalue weighted by Crippen LogP contribution is -2.08. The second-order valence-electron chi connectivity index (χ2n) is 3.49. The summed E-state index contributed by atoms with van der Waals surface area (Å²) in [6, 6.07) is 3.71. The van der Waals surface area contributed by atoms with Crippen LogP contribution in [0.4, 0.5) is 5.82 Å². The number of nitrogens with zero attached hydrogens (tertiary/aromatic N) is 5. The molecule has 0 atom stereocenters. The van der Waals surface area contributed by atoms with E-state index in [9.17, 15) is 0 Å². The van der Waals surface area contributed by atoms with E-state index in [1.165, 1.54) is 6.20 Å². The molecule has 0 radical (unpaired) electrons. The maximum Gasteiger partial charge on any atom is 0.166 e. The van der Waals surface area contributed by atoms with Crippen LogP contribution in [-0.2, 0) is 6.54 Å². The average molecular weight is 228 g/mol. The van der Waals surface area contributed by atoms with Gasteiger partial charge in [0.1, 0.15) is 6.07 Å². The first-order valence-electron chi connectivity index (χ1n) is 5.31. The zero-order valence-electron chi connectivity index (χ0n) is 9.24. The van der Waals surface area contributed by atoms with E-state index in [0.29, 0.717) is 11.4 Å². The SMILES string of the molecule is N#Cc1ccnnc1NCCCn1ccnc1. The molecule has 0 aliphatic heterocycles. The summed E-state index contributed by atoms with van der Waals surface area (Å²) in [6.45, 7) is 1.63. The van der Waals surface area contributed by atoms with E-state index < -0.39 is 0 Å². The molecule has 2 aromatic rings. The van der Waals surface area contributed by atoms with Gasteiger partial charge < -0.3 is 9.88 Å². The van der Waals surface area contributed by atoms with Gasteiger partial charge in [-0.1, -0.05) is 0 Å². The molecular weight excluding hydrogens is 216 g/mol. The highest BCUT2D eigenvalue weighted by atomic mass is 15.2. The number of aryl methyl sites for hydroxylation is 1. The molecule has 0 aliphatic carbocycles. The molecule has 2 rings (SSSR count). The predicted octanol–water partition coefficient (Wildman–Crippen LogP) is 1.05. The third-order valence-corrected chi connectivity index (χ3v) is 2.29. The van der Waals surface area contributed by atoms with Crippen molar-refractivity contribution in [3.63, 3.8) is 0 Å². The van der Waals surface area contributed by atoms with Gasteiger partial charge in [-0.15, -0.1) is 5.10 Å². The summed E-state index contributed by atoms with van der Waals surface area (Å²) in [6.07, 6.45) is 7.89. The Hall–Kier alpha value is -2.42. The van der Waals surface area contributed by atoms with Crippen LogP contribution in [0, 0.1) is 11.3 Å². The van der Waals surface area contributed by atoms with Crippen LogP contribution >= 0.6 is 0 Å². The molecule has 0 amide bonds. The molecule has 2 aromatic heterocycles. The summed E-state index contributed by atoms with van der Waals surface area (Å²) >= 11 is 0. The van der Waals surface area contributed by atoms with Gasteiger partial charge >= 0.3 is 0 Å². The van der Waals surface area contributed by atoms with Gasteiger partial charge in [0, 0.05) is 25.5 Å². The monoisotopic (exact) mass is 228 g/mol. The van der Waals surface area contributed by atoms with Crippen LogP contribution in [0.1, 0.15) is 12.0 Å². The van der Waals surface area contributed by atoms with Crippen molar-refractivity contribution in [2.75, 3.05) is 11.9 Å².